The molecule has 29 heteroatoms. The minimum absolute atomic E-state index is 0. The van der Waals surface area contributed by atoms with Gasteiger partial charge >= 0.3 is 53.8 Å². The first-order chi connectivity index (χ1) is 42.2. The summed E-state index contributed by atoms with van der Waals surface area (Å²) in [6, 6.07) is 55.1. The van der Waals surface area contributed by atoms with E-state index in [0.717, 1.165) is 42.2 Å². The summed E-state index contributed by atoms with van der Waals surface area (Å²) in [6.45, 7) is 0. The van der Waals surface area contributed by atoms with Gasteiger partial charge in [-0.25, -0.2) is 14.6 Å². The van der Waals surface area contributed by atoms with Gasteiger partial charge < -0.3 is 23.9 Å². The van der Waals surface area contributed by atoms with E-state index in [0.29, 0.717) is 33.0 Å². The van der Waals surface area contributed by atoms with Gasteiger partial charge in [0.1, 0.15) is 16.0 Å². The number of thiol groups is 2. The number of H-pyrrole nitrogens is 1. The van der Waals surface area contributed by atoms with Crippen LogP contribution in [-0.2, 0) is 39.5 Å². The summed E-state index contributed by atoms with van der Waals surface area (Å²) >= 11 is 53.4. The third-order valence-electron chi connectivity index (χ3n) is 11.5. The SMILES string of the molecule is C.COC(=O)Cc1ccccc1C(=O)OC.COC(=O)c1ccccc1C(Br)C(=O)OC.ClC(Cl)(Cl)Cl.Clc1nc2c3ccccc3sc2c2ccccc12.N#Cc1ccccc1S.O=P(Cl)(Cl)Cl.O=c1[nH]c2c3ccccc3sc2c2ccccc12.[B]=NS. The fourth-order valence-electron chi connectivity index (χ4n) is 7.79. The molecule has 0 fully saturated rings. The van der Waals surface area contributed by atoms with Crippen molar-refractivity contribution in [1.29, 1.82) is 5.26 Å². The van der Waals surface area contributed by atoms with Crippen LogP contribution in [0.25, 0.3) is 62.2 Å². The molecule has 0 bridgehead atoms. The van der Waals surface area contributed by atoms with Gasteiger partial charge in [0.05, 0.1) is 72.0 Å². The molecule has 11 rings (SSSR count). The van der Waals surface area contributed by atoms with Crippen molar-refractivity contribution < 1.29 is 42.7 Å². The van der Waals surface area contributed by atoms with Crippen LogP contribution in [0, 0.1) is 11.3 Å². The number of esters is 4. The van der Waals surface area contributed by atoms with Crippen LogP contribution in [0.1, 0.15) is 49.7 Å². The summed E-state index contributed by atoms with van der Waals surface area (Å²) in [5.74, 6) is -1.78. The Balaban J connectivity index is 0.000000282. The van der Waals surface area contributed by atoms with Crippen LogP contribution in [0.4, 0.5) is 0 Å². The third kappa shape index (κ3) is 24.6. The van der Waals surface area contributed by atoms with Gasteiger partial charge in [0.25, 0.3) is 8.81 Å². The number of aromatic nitrogens is 2. The van der Waals surface area contributed by atoms with Crippen LogP contribution in [-0.4, -0.2) is 73.2 Å². The standard InChI is InChI=1S/C15H8ClNS.C15H9NOS.C11H11BrO4.C11H12O4.C7H5NS.CCl4.CH4.BHNS.Cl3OP/c16-15-10-6-2-1-5-9(10)14-13(17-15)11-7-3-4-8-12(11)18-14;17-15-10-6-2-1-5-9(10)14-13(16-15)11-7-3-4-8-12(11)18-14;1-15-10(13)8-6-4-3-5-7(8)9(12)11(14)16-2;1-14-10(12)7-8-5-3-4-6-9(8)11(13)15-2;8-5-6-3-1-2-4-7(6)9;2-1(3,4)5;;1-2-3;1-5(2,3)4/h1-8H;1-8H,(H,16,17);3-6,9H,1-2H3;3-6H,7H2,1-2H3;1-4,9H;;1H4;3H;. The van der Waals surface area contributed by atoms with E-state index >= 15 is 0 Å². The molecule has 0 amide bonds. The summed E-state index contributed by atoms with van der Waals surface area (Å²) in [5.41, 5.74) is 4.46. The Morgan fingerprint density at radius 1 is 0.667 bits per heavy atom. The van der Waals surface area contributed by atoms with Crippen molar-refractivity contribution in [3.05, 3.63) is 213 Å². The molecule has 14 nitrogen and oxygen atoms in total. The van der Waals surface area contributed by atoms with Crippen LogP contribution in [0.3, 0.4) is 0 Å². The Labute approximate surface area is 585 Å². The van der Waals surface area contributed by atoms with Gasteiger partial charge in [0.2, 0.25) is 0 Å². The number of methoxy groups -OCH3 is 4. The second-order valence-corrected chi connectivity index (χ2v) is 31.1. The van der Waals surface area contributed by atoms with Crippen LogP contribution < -0.4 is 5.56 Å². The first-order valence-electron chi connectivity index (χ1n) is 24.8. The van der Waals surface area contributed by atoms with Crippen LogP contribution >= 0.6 is 161 Å². The van der Waals surface area contributed by atoms with E-state index in [9.17, 15) is 28.5 Å². The average Bonchev–Trinajstić information content (AvgIpc) is 1.60. The number of benzene rings is 7. The first-order valence-corrected chi connectivity index (χ1v) is 34.5. The van der Waals surface area contributed by atoms with Crippen molar-refractivity contribution in [2.24, 2.45) is 4.30 Å². The summed E-state index contributed by atoms with van der Waals surface area (Å²) in [5, 5.41) is 12.1. The molecule has 7 aromatic carbocycles. The Hall–Kier alpha value is -5.44. The second kappa shape index (κ2) is 39.2. The number of thiophene rings is 2. The number of halogens is 9. The van der Waals surface area contributed by atoms with Gasteiger partial charge in [-0.1, -0.05) is 209 Å². The van der Waals surface area contributed by atoms with Gasteiger partial charge in [0, 0.05) is 46.6 Å². The zero-order valence-electron chi connectivity index (χ0n) is 46.5. The summed E-state index contributed by atoms with van der Waals surface area (Å²) in [7, 11) is 9.53. The van der Waals surface area contributed by atoms with Gasteiger partial charge in [0.15, 0.2) is 0 Å². The molecule has 1 N–H and O–H groups in total. The van der Waals surface area contributed by atoms with Crippen LogP contribution in [0.15, 0.2) is 184 Å². The van der Waals surface area contributed by atoms with Gasteiger partial charge in [-0.2, -0.15) is 5.26 Å². The number of pyridine rings is 2. The minimum atomic E-state index is -3.22. The summed E-state index contributed by atoms with van der Waals surface area (Å²) in [4.78, 5) is 64.9. The Kier molecular flexibility index (Phi) is 34.3. The Bertz CT molecular complexity index is 4400. The molecule has 1 atom stereocenters. The number of carbonyl (C=O) groups excluding carboxylic acids is 4. The van der Waals surface area contributed by atoms with Crippen molar-refractivity contribution >= 4 is 255 Å². The monoisotopic (exact) mass is 1530 g/mol. The molecule has 0 aliphatic heterocycles. The van der Waals surface area contributed by atoms with E-state index in [1.165, 1.54) is 53.3 Å². The molecule has 90 heavy (non-hydrogen) atoms. The molecule has 4 aromatic heterocycles. The van der Waals surface area contributed by atoms with Crippen molar-refractivity contribution in [3.63, 3.8) is 0 Å². The molecule has 0 aliphatic carbocycles. The molecule has 4 heterocycles. The average molecular weight is 1530 g/mol. The third-order valence-corrected chi connectivity index (χ3v) is 15.4. The molecule has 11 aromatic rings. The van der Waals surface area contributed by atoms with E-state index in [-0.39, 0.29) is 25.4 Å². The zero-order valence-corrected chi connectivity index (χ0v) is 58.5. The topological polar surface area (TPSA) is 204 Å². The van der Waals surface area contributed by atoms with E-state index in [2.05, 4.69) is 152 Å². The quantitative estimate of drug-likeness (QED) is 0.0271. The van der Waals surface area contributed by atoms with Crippen molar-refractivity contribution in [3.8, 4) is 6.07 Å². The molecule has 0 saturated carbocycles. The molecule has 0 spiro atoms. The van der Waals surface area contributed by atoms with Crippen LogP contribution in [0.5, 0.6) is 0 Å². The van der Waals surface area contributed by atoms with E-state index in [4.69, 9.17) is 63.3 Å². The zero-order chi connectivity index (χ0) is 66.0. The van der Waals surface area contributed by atoms with E-state index in [1.807, 2.05) is 78.9 Å². The van der Waals surface area contributed by atoms with Gasteiger partial charge in [-0.3, -0.25) is 18.9 Å². The molecular weight excluding hydrogens is 1480 g/mol. The number of hydrogen-bond acceptors (Lipinski definition) is 17. The number of nitrogens with zero attached hydrogens (tertiary/aromatic N) is 3. The van der Waals surface area contributed by atoms with Crippen molar-refractivity contribution in [1.82, 2.24) is 9.97 Å². The molecule has 1 unspecified atom stereocenters. The van der Waals surface area contributed by atoms with E-state index in [1.54, 1.807) is 83.3 Å². The number of aromatic amines is 1. The molecule has 469 valence electrons. The van der Waals surface area contributed by atoms with E-state index < -0.39 is 31.2 Å². The van der Waals surface area contributed by atoms with Crippen molar-refractivity contribution in [2.45, 2.75) is 26.8 Å². The Morgan fingerprint density at radius 3 is 1.61 bits per heavy atom. The number of alkyl halides is 5. The fourth-order valence-corrected chi connectivity index (χ4v) is 11.2. The first kappa shape index (κ1) is 78.8. The van der Waals surface area contributed by atoms with Crippen LogP contribution in [0.2, 0.25) is 5.15 Å². The summed E-state index contributed by atoms with van der Waals surface area (Å²) < 4.78 is 33.8. The summed E-state index contributed by atoms with van der Waals surface area (Å²) in [6.07, 6.45) is 0.0712. The maximum absolute atomic E-state index is 12.1. The number of hydrogen-bond donors (Lipinski definition) is 3. The predicted molar refractivity (Wildman–Crippen MR) is 386 cm³/mol. The number of fused-ring (bicyclic) bond motifs is 10. The number of nitrogens with one attached hydrogen (secondary N) is 1. The molecule has 0 aliphatic rings. The fraction of sp³-hybridized carbons (Fsp3) is 0.131. The molecule has 0 saturated heterocycles. The van der Waals surface area contributed by atoms with Gasteiger partial charge in [-0.15, -0.1) is 35.3 Å². The second-order valence-electron chi connectivity index (χ2n) is 17.0. The van der Waals surface area contributed by atoms with Gasteiger partial charge in [-0.05, 0) is 87.3 Å². The normalized spacial score (nSPS) is 10.6. The van der Waals surface area contributed by atoms with Crippen molar-refractivity contribution in [2.75, 3.05) is 28.4 Å². The maximum atomic E-state index is 12.1. The number of ether oxygens (including phenoxy) is 4. The predicted octanol–water partition coefficient (Wildman–Crippen LogP) is 20.5. The number of rotatable bonds is 6. The Morgan fingerprint density at radius 2 is 1.09 bits per heavy atom. The molecular formula is C61H50BBrCl8N4O10PS4. The number of carbonyl (C=O) groups is 4. The molecule has 1 radical (unpaired) electrons. The number of nitriles is 1.